The van der Waals surface area contributed by atoms with Gasteiger partial charge in [0.25, 0.3) is 0 Å². The molecule has 1 aromatic rings. The predicted octanol–water partition coefficient (Wildman–Crippen LogP) is 4.05. The first-order valence-electron chi connectivity index (χ1n) is 8.14. The molecule has 0 spiro atoms. The van der Waals surface area contributed by atoms with Crippen molar-refractivity contribution in [1.82, 2.24) is 5.32 Å². The molecule has 0 aliphatic heterocycles. The fraction of sp³-hybridized carbons (Fsp3) is 0.667. The third kappa shape index (κ3) is 8.84. The van der Waals surface area contributed by atoms with Gasteiger partial charge in [0, 0.05) is 13.2 Å². The third-order valence-corrected chi connectivity index (χ3v) is 3.63. The van der Waals surface area contributed by atoms with Gasteiger partial charge in [0.15, 0.2) is 0 Å². The number of halogens is 1. The van der Waals surface area contributed by atoms with Crippen molar-refractivity contribution in [1.29, 1.82) is 0 Å². The van der Waals surface area contributed by atoms with Crippen molar-refractivity contribution in [3.63, 3.8) is 0 Å². The lowest BCUT2D eigenvalue weighted by atomic mass is 9.96. The molecule has 0 heterocycles. The lowest BCUT2D eigenvalue weighted by Crippen LogP contribution is -2.25. The molecule has 21 heavy (non-hydrogen) atoms. The first-order chi connectivity index (χ1) is 10.1. The Kier molecular flexibility index (Phi) is 9.27. The molecular weight excluding hydrogens is 265 g/mol. The Hall–Kier alpha value is -0.930. The molecule has 0 saturated heterocycles. The van der Waals surface area contributed by atoms with Gasteiger partial charge in [0.1, 0.15) is 5.82 Å². The van der Waals surface area contributed by atoms with E-state index in [9.17, 15) is 4.39 Å². The van der Waals surface area contributed by atoms with Gasteiger partial charge in [0.05, 0.1) is 0 Å². The van der Waals surface area contributed by atoms with E-state index in [0.29, 0.717) is 11.8 Å². The van der Waals surface area contributed by atoms with E-state index in [1.807, 2.05) is 12.1 Å². The van der Waals surface area contributed by atoms with Crippen molar-refractivity contribution in [3.05, 3.63) is 35.6 Å². The van der Waals surface area contributed by atoms with Gasteiger partial charge in [-0.05, 0) is 61.9 Å². The molecule has 0 fully saturated rings. The van der Waals surface area contributed by atoms with E-state index in [2.05, 4.69) is 26.1 Å². The zero-order valence-electron chi connectivity index (χ0n) is 13.7. The Morgan fingerprint density at radius 3 is 2.38 bits per heavy atom. The third-order valence-electron chi connectivity index (χ3n) is 3.63. The summed E-state index contributed by atoms with van der Waals surface area (Å²) in [4.78, 5) is 0. The number of benzene rings is 1. The van der Waals surface area contributed by atoms with Gasteiger partial charge in [-0.25, -0.2) is 4.39 Å². The van der Waals surface area contributed by atoms with E-state index in [1.54, 1.807) is 12.1 Å². The number of rotatable bonds is 11. The van der Waals surface area contributed by atoms with Crippen LogP contribution in [0.5, 0.6) is 0 Å². The molecule has 2 nitrogen and oxygen atoms in total. The average molecular weight is 295 g/mol. The normalized spacial score (nSPS) is 12.8. The van der Waals surface area contributed by atoms with Crippen LogP contribution in [0.2, 0.25) is 0 Å². The molecule has 120 valence electrons. The highest BCUT2D eigenvalue weighted by atomic mass is 19.1. The smallest absolute Gasteiger partial charge is 0.123 e. The molecule has 1 rings (SSSR count). The van der Waals surface area contributed by atoms with E-state index in [-0.39, 0.29) is 5.82 Å². The summed E-state index contributed by atoms with van der Waals surface area (Å²) in [5, 5.41) is 3.41. The quantitative estimate of drug-likeness (QED) is 0.622. The topological polar surface area (TPSA) is 21.3 Å². The minimum Gasteiger partial charge on any atom is -0.381 e. The fourth-order valence-electron chi connectivity index (χ4n) is 2.25. The Morgan fingerprint density at radius 2 is 1.76 bits per heavy atom. The summed E-state index contributed by atoms with van der Waals surface area (Å²) in [6, 6.07) is 6.85. The summed E-state index contributed by atoms with van der Waals surface area (Å²) in [5.74, 6) is 1.07. The number of ether oxygens (including phenoxy) is 1. The van der Waals surface area contributed by atoms with Crippen LogP contribution in [-0.4, -0.2) is 26.3 Å². The summed E-state index contributed by atoms with van der Waals surface area (Å²) in [7, 11) is 0. The second-order valence-electron chi connectivity index (χ2n) is 6.09. The maximum Gasteiger partial charge on any atom is 0.123 e. The first kappa shape index (κ1) is 18.1. The van der Waals surface area contributed by atoms with Crippen molar-refractivity contribution in [2.24, 2.45) is 11.8 Å². The van der Waals surface area contributed by atoms with Crippen LogP contribution in [0.1, 0.15) is 39.2 Å². The SMILES string of the molecule is CCNCC(CCOCCC(C)C)Cc1ccc(F)cc1. The molecule has 1 unspecified atom stereocenters. The molecule has 1 atom stereocenters. The van der Waals surface area contributed by atoms with Crippen molar-refractivity contribution < 1.29 is 9.13 Å². The van der Waals surface area contributed by atoms with Crippen LogP contribution in [-0.2, 0) is 11.2 Å². The van der Waals surface area contributed by atoms with Crippen molar-refractivity contribution in [2.45, 2.75) is 40.0 Å². The molecule has 0 radical (unpaired) electrons. The summed E-state index contributed by atoms with van der Waals surface area (Å²) in [6.07, 6.45) is 3.14. The number of hydrogen-bond donors (Lipinski definition) is 1. The van der Waals surface area contributed by atoms with Gasteiger partial charge in [-0.3, -0.25) is 0 Å². The van der Waals surface area contributed by atoms with Gasteiger partial charge in [-0.2, -0.15) is 0 Å². The van der Waals surface area contributed by atoms with Crippen LogP contribution in [0.3, 0.4) is 0 Å². The predicted molar refractivity (Wildman–Crippen MR) is 87.0 cm³/mol. The molecule has 0 saturated carbocycles. The molecule has 3 heteroatoms. The van der Waals surface area contributed by atoms with Crippen LogP contribution < -0.4 is 5.32 Å². The second-order valence-corrected chi connectivity index (χ2v) is 6.09. The van der Waals surface area contributed by atoms with Gasteiger partial charge in [-0.1, -0.05) is 32.9 Å². The molecule has 0 aliphatic carbocycles. The second kappa shape index (κ2) is 10.7. The monoisotopic (exact) mass is 295 g/mol. The van der Waals surface area contributed by atoms with Crippen LogP contribution in [0.15, 0.2) is 24.3 Å². The molecule has 0 amide bonds. The van der Waals surface area contributed by atoms with Crippen molar-refractivity contribution in [2.75, 3.05) is 26.3 Å². The summed E-state index contributed by atoms with van der Waals surface area (Å²) in [6.45, 7) is 10.2. The lowest BCUT2D eigenvalue weighted by Gasteiger charge is -2.18. The van der Waals surface area contributed by atoms with E-state index in [0.717, 1.165) is 45.6 Å². The van der Waals surface area contributed by atoms with E-state index in [4.69, 9.17) is 4.74 Å². The average Bonchev–Trinajstić information content (AvgIpc) is 2.46. The maximum atomic E-state index is 12.9. The van der Waals surface area contributed by atoms with Crippen molar-refractivity contribution >= 4 is 0 Å². The van der Waals surface area contributed by atoms with E-state index >= 15 is 0 Å². The lowest BCUT2D eigenvalue weighted by molar-refractivity contribution is 0.110. The largest absolute Gasteiger partial charge is 0.381 e. The molecule has 0 aromatic heterocycles. The maximum absolute atomic E-state index is 12.9. The Bertz CT molecular complexity index is 364. The van der Waals surface area contributed by atoms with Gasteiger partial charge < -0.3 is 10.1 Å². The fourth-order valence-corrected chi connectivity index (χ4v) is 2.25. The first-order valence-corrected chi connectivity index (χ1v) is 8.14. The highest BCUT2D eigenvalue weighted by molar-refractivity contribution is 5.16. The summed E-state index contributed by atoms with van der Waals surface area (Å²) < 4.78 is 18.7. The summed E-state index contributed by atoms with van der Waals surface area (Å²) in [5.41, 5.74) is 1.20. The zero-order valence-corrected chi connectivity index (χ0v) is 13.7. The van der Waals surface area contributed by atoms with Gasteiger partial charge >= 0.3 is 0 Å². The molecule has 0 bridgehead atoms. The summed E-state index contributed by atoms with van der Waals surface area (Å²) >= 11 is 0. The Balaban J connectivity index is 2.34. The minimum atomic E-state index is -0.168. The highest BCUT2D eigenvalue weighted by Crippen LogP contribution is 2.13. The van der Waals surface area contributed by atoms with Crippen LogP contribution >= 0.6 is 0 Å². The molecule has 0 aliphatic rings. The van der Waals surface area contributed by atoms with Crippen LogP contribution in [0, 0.1) is 17.7 Å². The Labute approximate surface area is 129 Å². The Morgan fingerprint density at radius 1 is 1.10 bits per heavy atom. The minimum absolute atomic E-state index is 0.168. The zero-order chi connectivity index (χ0) is 15.5. The van der Waals surface area contributed by atoms with Crippen LogP contribution in [0.4, 0.5) is 4.39 Å². The number of nitrogens with one attached hydrogen (secondary N) is 1. The number of hydrogen-bond acceptors (Lipinski definition) is 2. The van der Waals surface area contributed by atoms with E-state index in [1.165, 1.54) is 5.56 Å². The highest BCUT2D eigenvalue weighted by Gasteiger charge is 2.10. The standard InChI is InChI=1S/C18H30FNO/c1-4-20-14-17(10-12-21-11-9-15(2)3)13-16-5-7-18(19)8-6-16/h5-8,15,17,20H,4,9-14H2,1-3H3. The van der Waals surface area contributed by atoms with Crippen molar-refractivity contribution in [3.8, 4) is 0 Å². The molecule has 1 N–H and O–H groups in total. The molecular formula is C18H30FNO. The molecule has 1 aromatic carbocycles. The van der Waals surface area contributed by atoms with Crippen LogP contribution in [0.25, 0.3) is 0 Å². The van der Waals surface area contributed by atoms with E-state index < -0.39 is 0 Å². The van der Waals surface area contributed by atoms with Gasteiger partial charge in [0.2, 0.25) is 0 Å². The van der Waals surface area contributed by atoms with Gasteiger partial charge in [-0.15, -0.1) is 0 Å².